The minimum absolute atomic E-state index is 0.595. The number of nitrogens with zero attached hydrogens (tertiary/aromatic N) is 2. The van der Waals surface area contributed by atoms with E-state index in [1.165, 1.54) is 0 Å². The van der Waals surface area contributed by atoms with Crippen molar-refractivity contribution in [3.8, 4) is 0 Å². The van der Waals surface area contributed by atoms with E-state index in [1.807, 2.05) is 6.92 Å². The fourth-order valence-electron chi connectivity index (χ4n) is 1.32. The molecule has 0 radical (unpaired) electrons. The number of nitrogens with two attached hydrogens (primary N) is 1. The van der Waals surface area contributed by atoms with Gasteiger partial charge in [-0.15, -0.1) is 0 Å². The first-order valence-electron chi connectivity index (χ1n) is 5.95. The zero-order chi connectivity index (χ0) is 13.2. The van der Waals surface area contributed by atoms with Gasteiger partial charge in [-0.25, -0.2) is 15.8 Å². The Balaban J connectivity index is 2.36. The van der Waals surface area contributed by atoms with Crippen molar-refractivity contribution in [2.24, 2.45) is 5.84 Å². The lowest BCUT2D eigenvalue weighted by atomic mass is 10.4. The van der Waals surface area contributed by atoms with Crippen LogP contribution in [0.15, 0.2) is 6.07 Å². The Morgan fingerprint density at radius 2 is 2.00 bits per heavy atom. The van der Waals surface area contributed by atoms with E-state index >= 15 is 0 Å². The van der Waals surface area contributed by atoms with Crippen molar-refractivity contribution in [2.45, 2.75) is 13.3 Å². The minimum Gasteiger partial charge on any atom is -0.382 e. The molecule has 1 aromatic rings. The predicted molar refractivity (Wildman–Crippen MR) is 70.4 cm³/mol. The standard InChI is InChI=1S/C11H21N5O2/c1-3-9-14-10(8-11(15-9)16-12)13-4-5-18-7-6-17-2/h8H,3-7,12H2,1-2H3,(H2,13,14,15,16). The summed E-state index contributed by atoms with van der Waals surface area (Å²) in [6, 6.07) is 1.76. The van der Waals surface area contributed by atoms with Gasteiger partial charge in [-0.2, -0.15) is 0 Å². The quantitative estimate of drug-likeness (QED) is 0.334. The van der Waals surface area contributed by atoms with E-state index in [-0.39, 0.29) is 0 Å². The van der Waals surface area contributed by atoms with Gasteiger partial charge in [0.2, 0.25) is 0 Å². The van der Waals surface area contributed by atoms with Gasteiger partial charge in [0.05, 0.1) is 19.8 Å². The van der Waals surface area contributed by atoms with E-state index < -0.39 is 0 Å². The van der Waals surface area contributed by atoms with Gasteiger partial charge in [0.15, 0.2) is 0 Å². The van der Waals surface area contributed by atoms with Crippen LogP contribution in [0.3, 0.4) is 0 Å². The number of hydrogen-bond acceptors (Lipinski definition) is 7. The number of aromatic nitrogens is 2. The normalized spacial score (nSPS) is 10.4. The Labute approximate surface area is 107 Å². The van der Waals surface area contributed by atoms with Gasteiger partial charge in [0, 0.05) is 26.1 Å². The number of ether oxygens (including phenoxy) is 2. The molecule has 7 heteroatoms. The maximum absolute atomic E-state index is 5.35. The Morgan fingerprint density at radius 1 is 1.22 bits per heavy atom. The van der Waals surface area contributed by atoms with Gasteiger partial charge >= 0.3 is 0 Å². The summed E-state index contributed by atoms with van der Waals surface area (Å²) >= 11 is 0. The number of nitrogens with one attached hydrogen (secondary N) is 2. The maximum atomic E-state index is 5.35. The first kappa shape index (κ1) is 14.6. The Morgan fingerprint density at radius 3 is 2.67 bits per heavy atom. The van der Waals surface area contributed by atoms with Gasteiger partial charge in [0.25, 0.3) is 0 Å². The molecule has 1 aromatic heterocycles. The van der Waals surface area contributed by atoms with Gasteiger partial charge in [-0.1, -0.05) is 6.92 Å². The molecule has 0 aliphatic heterocycles. The lowest BCUT2D eigenvalue weighted by molar-refractivity contribution is 0.0759. The highest BCUT2D eigenvalue weighted by Crippen LogP contribution is 2.10. The third-order valence-corrected chi connectivity index (χ3v) is 2.22. The van der Waals surface area contributed by atoms with Crippen molar-refractivity contribution < 1.29 is 9.47 Å². The van der Waals surface area contributed by atoms with Crippen molar-refractivity contribution in [1.29, 1.82) is 0 Å². The number of hydrogen-bond donors (Lipinski definition) is 3. The first-order valence-corrected chi connectivity index (χ1v) is 5.95. The number of methoxy groups -OCH3 is 1. The fourth-order valence-corrected chi connectivity index (χ4v) is 1.32. The lowest BCUT2D eigenvalue weighted by Gasteiger charge is -2.09. The topological polar surface area (TPSA) is 94.3 Å². The van der Waals surface area contributed by atoms with E-state index in [4.69, 9.17) is 15.3 Å². The molecule has 0 bridgehead atoms. The molecule has 0 aliphatic rings. The first-order chi connectivity index (χ1) is 8.80. The van der Waals surface area contributed by atoms with E-state index in [0.717, 1.165) is 18.1 Å². The second kappa shape index (κ2) is 8.62. The summed E-state index contributed by atoms with van der Waals surface area (Å²) in [5.41, 5.74) is 2.52. The molecule has 102 valence electrons. The molecular formula is C11H21N5O2. The fraction of sp³-hybridized carbons (Fsp3) is 0.636. The van der Waals surface area contributed by atoms with Crippen LogP contribution in [0.1, 0.15) is 12.7 Å². The second-order valence-electron chi connectivity index (χ2n) is 3.58. The number of rotatable bonds is 9. The number of anilines is 2. The van der Waals surface area contributed by atoms with Crippen molar-refractivity contribution in [1.82, 2.24) is 9.97 Å². The molecule has 0 aliphatic carbocycles. The highest BCUT2D eigenvalue weighted by atomic mass is 16.5. The summed E-state index contributed by atoms with van der Waals surface area (Å²) in [5.74, 6) is 7.43. The van der Waals surface area contributed by atoms with Crippen LogP contribution >= 0.6 is 0 Å². The molecule has 4 N–H and O–H groups in total. The Hall–Kier alpha value is -1.44. The summed E-state index contributed by atoms with van der Waals surface area (Å²) in [7, 11) is 1.65. The third kappa shape index (κ3) is 5.26. The molecular weight excluding hydrogens is 234 g/mol. The van der Waals surface area contributed by atoms with Crippen LogP contribution in [-0.4, -0.2) is 43.4 Å². The molecule has 0 atom stereocenters. The number of hydrazine groups is 1. The van der Waals surface area contributed by atoms with Crippen molar-refractivity contribution in [3.63, 3.8) is 0 Å². The van der Waals surface area contributed by atoms with Crippen LogP contribution in [0.4, 0.5) is 11.6 Å². The molecule has 18 heavy (non-hydrogen) atoms. The Bertz CT molecular complexity index is 326. The van der Waals surface area contributed by atoms with Crippen molar-refractivity contribution in [3.05, 3.63) is 11.9 Å². The summed E-state index contributed by atoms with van der Waals surface area (Å²) in [6.07, 6.45) is 0.758. The number of aryl methyl sites for hydroxylation is 1. The predicted octanol–water partition coefficient (Wildman–Crippen LogP) is 0.400. The van der Waals surface area contributed by atoms with Crippen LogP contribution in [0, 0.1) is 0 Å². The molecule has 0 saturated carbocycles. The average Bonchev–Trinajstić information content (AvgIpc) is 2.42. The monoisotopic (exact) mass is 255 g/mol. The van der Waals surface area contributed by atoms with Crippen LogP contribution in [0.5, 0.6) is 0 Å². The summed E-state index contributed by atoms with van der Waals surface area (Å²) in [6.45, 7) is 4.47. The second-order valence-corrected chi connectivity index (χ2v) is 3.58. The average molecular weight is 255 g/mol. The molecule has 7 nitrogen and oxygen atoms in total. The van der Waals surface area contributed by atoms with E-state index in [9.17, 15) is 0 Å². The van der Waals surface area contributed by atoms with E-state index in [1.54, 1.807) is 13.2 Å². The zero-order valence-electron chi connectivity index (χ0n) is 10.9. The summed E-state index contributed by atoms with van der Waals surface area (Å²) in [5, 5.41) is 3.16. The van der Waals surface area contributed by atoms with E-state index in [0.29, 0.717) is 32.2 Å². The molecule has 0 aromatic carbocycles. The molecule has 1 rings (SSSR count). The van der Waals surface area contributed by atoms with Gasteiger partial charge in [0.1, 0.15) is 17.5 Å². The van der Waals surface area contributed by atoms with Crippen LogP contribution in [-0.2, 0) is 15.9 Å². The van der Waals surface area contributed by atoms with Crippen molar-refractivity contribution >= 4 is 11.6 Å². The minimum atomic E-state index is 0.595. The van der Waals surface area contributed by atoms with Crippen LogP contribution < -0.4 is 16.6 Å². The molecule has 0 spiro atoms. The summed E-state index contributed by atoms with van der Waals surface area (Å²) in [4.78, 5) is 8.54. The smallest absolute Gasteiger partial charge is 0.145 e. The third-order valence-electron chi connectivity index (χ3n) is 2.22. The Kier molecular flexibility index (Phi) is 7.00. The molecule has 0 amide bonds. The molecule has 0 unspecified atom stereocenters. The molecule has 1 heterocycles. The molecule has 0 fully saturated rings. The van der Waals surface area contributed by atoms with Crippen LogP contribution in [0.2, 0.25) is 0 Å². The largest absolute Gasteiger partial charge is 0.382 e. The molecule has 0 saturated heterocycles. The van der Waals surface area contributed by atoms with E-state index in [2.05, 4.69) is 20.7 Å². The van der Waals surface area contributed by atoms with Crippen LogP contribution in [0.25, 0.3) is 0 Å². The SMILES string of the molecule is CCc1nc(NN)cc(NCCOCCOC)n1. The zero-order valence-corrected chi connectivity index (χ0v) is 10.9. The van der Waals surface area contributed by atoms with Gasteiger partial charge in [-0.05, 0) is 0 Å². The lowest BCUT2D eigenvalue weighted by Crippen LogP contribution is -2.15. The maximum Gasteiger partial charge on any atom is 0.145 e. The number of nitrogen functional groups attached to an aromatic ring is 1. The van der Waals surface area contributed by atoms with Gasteiger partial charge in [-0.3, -0.25) is 0 Å². The van der Waals surface area contributed by atoms with Gasteiger partial charge < -0.3 is 20.2 Å². The highest BCUT2D eigenvalue weighted by molar-refractivity contribution is 5.46. The van der Waals surface area contributed by atoms with Crippen molar-refractivity contribution in [2.75, 3.05) is 44.2 Å². The summed E-state index contributed by atoms with van der Waals surface area (Å²) < 4.78 is 10.2. The highest BCUT2D eigenvalue weighted by Gasteiger charge is 2.01.